The zero-order chi connectivity index (χ0) is 26.2. The second kappa shape index (κ2) is 9.54. The minimum atomic E-state index is -0.909. The third kappa shape index (κ3) is 4.51. The number of rotatable bonds is 5. The van der Waals surface area contributed by atoms with Gasteiger partial charge in [0.2, 0.25) is 5.95 Å². The molecule has 0 bridgehead atoms. The summed E-state index contributed by atoms with van der Waals surface area (Å²) in [7, 11) is 0. The molecule has 1 aliphatic heterocycles. The molecule has 0 spiro atoms. The molecule has 12 nitrogen and oxygen atoms in total. The molecule has 5 aromatic rings. The van der Waals surface area contributed by atoms with E-state index in [2.05, 4.69) is 55.5 Å². The Balaban J connectivity index is 1.23. The van der Waals surface area contributed by atoms with Crippen molar-refractivity contribution in [1.82, 2.24) is 39.4 Å². The van der Waals surface area contributed by atoms with Gasteiger partial charge in [-0.2, -0.15) is 5.10 Å². The Bertz CT molecular complexity index is 1650. The smallest absolute Gasteiger partial charge is 0.407 e. The number of carbonyl (C=O) groups is 1. The van der Waals surface area contributed by atoms with Crippen LogP contribution in [0.3, 0.4) is 0 Å². The van der Waals surface area contributed by atoms with Gasteiger partial charge in [-0.05, 0) is 61.2 Å². The normalized spacial score (nSPS) is 15.8. The molecule has 0 unspecified atom stereocenters. The second-order valence-electron chi connectivity index (χ2n) is 9.44. The molecule has 1 aliphatic rings. The highest BCUT2D eigenvalue weighted by Gasteiger charge is 2.28. The van der Waals surface area contributed by atoms with Gasteiger partial charge in [0.05, 0.1) is 6.20 Å². The Kier molecular flexibility index (Phi) is 5.91. The number of piperazine rings is 1. The number of hydrogen-bond acceptors (Lipinski definition) is 9. The Hall–Kier alpha value is -4.87. The minimum absolute atomic E-state index is 0.0565. The van der Waals surface area contributed by atoms with E-state index in [1.54, 1.807) is 17.0 Å². The number of aromatic nitrogens is 7. The van der Waals surface area contributed by atoms with Gasteiger partial charge in [-0.15, -0.1) is 0 Å². The Morgan fingerprint density at radius 2 is 2.00 bits per heavy atom. The van der Waals surface area contributed by atoms with Crippen molar-refractivity contribution in [3.63, 3.8) is 0 Å². The summed E-state index contributed by atoms with van der Waals surface area (Å²) in [6, 6.07) is 10.3. The van der Waals surface area contributed by atoms with Gasteiger partial charge < -0.3 is 20.2 Å². The zero-order valence-corrected chi connectivity index (χ0v) is 21.0. The number of fused-ring (bicyclic) bond motifs is 2. The second-order valence-corrected chi connectivity index (χ2v) is 9.44. The largest absolute Gasteiger partial charge is 0.465 e. The van der Waals surface area contributed by atoms with Crippen molar-refractivity contribution in [1.29, 1.82) is 0 Å². The monoisotopic (exact) mass is 510 g/mol. The van der Waals surface area contributed by atoms with E-state index in [1.807, 2.05) is 30.2 Å². The fourth-order valence-electron chi connectivity index (χ4n) is 4.80. The van der Waals surface area contributed by atoms with Crippen LogP contribution in [0.5, 0.6) is 0 Å². The average molecular weight is 511 g/mol. The molecular formula is C26H26N10O2. The topological polar surface area (TPSA) is 138 Å². The molecule has 1 aromatic carbocycles. The first kappa shape index (κ1) is 23.5. The predicted molar refractivity (Wildman–Crippen MR) is 142 cm³/mol. The number of pyridine rings is 1. The van der Waals surface area contributed by atoms with E-state index < -0.39 is 6.09 Å². The van der Waals surface area contributed by atoms with Crippen molar-refractivity contribution in [2.45, 2.75) is 26.3 Å². The van der Waals surface area contributed by atoms with Gasteiger partial charge in [-0.1, -0.05) is 6.07 Å². The third-order valence-corrected chi connectivity index (χ3v) is 6.86. The van der Waals surface area contributed by atoms with E-state index in [1.165, 1.54) is 22.4 Å². The first-order chi connectivity index (χ1) is 18.4. The number of hydrogen-bond donors (Lipinski definition) is 2. The Morgan fingerprint density at radius 1 is 1.11 bits per heavy atom. The van der Waals surface area contributed by atoms with Gasteiger partial charge in [-0.3, -0.25) is 0 Å². The van der Waals surface area contributed by atoms with Gasteiger partial charge in [-0.25, -0.2) is 34.2 Å². The maximum atomic E-state index is 11.4. The van der Waals surface area contributed by atoms with Crippen molar-refractivity contribution in [2.24, 2.45) is 0 Å². The number of amides is 1. The Morgan fingerprint density at radius 3 is 2.82 bits per heavy atom. The summed E-state index contributed by atoms with van der Waals surface area (Å²) in [5.74, 6) is 1.11. The molecule has 12 heteroatoms. The van der Waals surface area contributed by atoms with Gasteiger partial charge in [0.1, 0.15) is 23.7 Å². The maximum Gasteiger partial charge on any atom is 0.407 e. The molecule has 5 heterocycles. The highest BCUT2D eigenvalue weighted by molar-refractivity contribution is 5.87. The van der Waals surface area contributed by atoms with E-state index in [0.29, 0.717) is 42.4 Å². The highest BCUT2D eigenvalue weighted by Crippen LogP contribution is 2.26. The van der Waals surface area contributed by atoms with Crippen LogP contribution in [0.4, 0.5) is 22.2 Å². The average Bonchev–Trinajstić information content (AvgIpc) is 3.38. The van der Waals surface area contributed by atoms with Crippen molar-refractivity contribution in [3.05, 3.63) is 72.1 Å². The number of benzene rings is 1. The van der Waals surface area contributed by atoms with Crippen LogP contribution in [0.15, 0.2) is 55.4 Å². The molecule has 1 fully saturated rings. The lowest BCUT2D eigenvalue weighted by molar-refractivity contribution is 0.136. The molecule has 1 atom stereocenters. The van der Waals surface area contributed by atoms with Crippen molar-refractivity contribution in [2.75, 3.05) is 29.9 Å². The lowest BCUT2D eigenvalue weighted by Gasteiger charge is -2.38. The highest BCUT2D eigenvalue weighted by atomic mass is 16.4. The molecule has 4 aromatic heterocycles. The summed E-state index contributed by atoms with van der Waals surface area (Å²) < 4.78 is 1.75. The van der Waals surface area contributed by atoms with Gasteiger partial charge >= 0.3 is 6.09 Å². The number of nitrogens with one attached hydrogen (secondary N) is 1. The quantitative estimate of drug-likeness (QED) is 0.362. The molecule has 6 rings (SSSR count). The van der Waals surface area contributed by atoms with Crippen molar-refractivity contribution < 1.29 is 9.90 Å². The van der Waals surface area contributed by atoms with Crippen LogP contribution in [-0.2, 0) is 6.42 Å². The van der Waals surface area contributed by atoms with E-state index in [0.717, 1.165) is 23.3 Å². The van der Waals surface area contributed by atoms with E-state index in [4.69, 9.17) is 4.98 Å². The van der Waals surface area contributed by atoms with Crippen LogP contribution in [-0.4, -0.2) is 76.3 Å². The lowest BCUT2D eigenvalue weighted by atomic mass is 10.0. The summed E-state index contributed by atoms with van der Waals surface area (Å²) in [5, 5.41) is 16.9. The summed E-state index contributed by atoms with van der Waals surface area (Å²) in [4.78, 5) is 37.1. The molecule has 0 radical (unpaired) electrons. The number of carboxylic acid groups (broad SMARTS) is 1. The fraction of sp³-hybridized carbons (Fsp3) is 0.269. The van der Waals surface area contributed by atoms with Crippen LogP contribution >= 0.6 is 0 Å². The Labute approximate surface area is 218 Å². The minimum Gasteiger partial charge on any atom is -0.465 e. The number of aryl methyl sites for hydroxylation is 1. The molecule has 0 saturated carbocycles. The number of anilines is 3. The van der Waals surface area contributed by atoms with E-state index >= 15 is 0 Å². The predicted octanol–water partition coefficient (Wildman–Crippen LogP) is 3.29. The molecular weight excluding hydrogens is 484 g/mol. The van der Waals surface area contributed by atoms with Crippen LogP contribution in [0.2, 0.25) is 0 Å². The standard InChI is InChI=1S/C26H26N10O2/c1-16-9-20(4-3-19(16)10-18-5-6-36-22(11-18)29-15-31-36)32-24-23-21(28-14-30-24)12-27-25(33-23)35-8-7-34(26(37)38)13-17(35)2/h3-6,9,11-12,14-15,17H,7-8,10,13H2,1-2H3,(H,37,38)(H,28,30,32)/t17-/m0/s1. The fourth-order valence-corrected chi connectivity index (χ4v) is 4.80. The molecule has 38 heavy (non-hydrogen) atoms. The van der Waals surface area contributed by atoms with E-state index in [-0.39, 0.29) is 6.04 Å². The maximum absolute atomic E-state index is 11.4. The van der Waals surface area contributed by atoms with Crippen LogP contribution in [0, 0.1) is 6.92 Å². The summed E-state index contributed by atoms with van der Waals surface area (Å²) in [5.41, 5.74) is 6.48. The molecule has 2 N–H and O–H groups in total. The summed E-state index contributed by atoms with van der Waals surface area (Å²) in [6.45, 7) is 5.37. The van der Waals surface area contributed by atoms with Crippen LogP contribution < -0.4 is 10.2 Å². The van der Waals surface area contributed by atoms with Crippen molar-refractivity contribution >= 4 is 40.2 Å². The van der Waals surface area contributed by atoms with Gasteiger partial charge in [0, 0.05) is 37.6 Å². The van der Waals surface area contributed by atoms with Crippen LogP contribution in [0.1, 0.15) is 23.6 Å². The van der Waals surface area contributed by atoms with Gasteiger partial charge in [0.25, 0.3) is 0 Å². The van der Waals surface area contributed by atoms with Gasteiger partial charge in [0.15, 0.2) is 11.5 Å². The zero-order valence-electron chi connectivity index (χ0n) is 21.0. The molecule has 192 valence electrons. The van der Waals surface area contributed by atoms with Crippen LogP contribution in [0.25, 0.3) is 16.7 Å². The molecule has 0 aliphatic carbocycles. The number of nitrogens with zero attached hydrogens (tertiary/aromatic N) is 9. The lowest BCUT2D eigenvalue weighted by Crippen LogP contribution is -2.54. The third-order valence-electron chi connectivity index (χ3n) is 6.86. The first-order valence-corrected chi connectivity index (χ1v) is 12.3. The molecule has 1 amide bonds. The SMILES string of the molecule is Cc1cc(Nc2ncnc3cnc(N4CCN(C(=O)O)C[C@@H]4C)nc23)ccc1Cc1ccn2ncnc2c1. The van der Waals surface area contributed by atoms with Crippen molar-refractivity contribution in [3.8, 4) is 0 Å². The molecule has 1 saturated heterocycles. The first-order valence-electron chi connectivity index (χ1n) is 12.3. The van der Waals surface area contributed by atoms with E-state index in [9.17, 15) is 9.90 Å². The summed E-state index contributed by atoms with van der Waals surface area (Å²) >= 11 is 0. The summed E-state index contributed by atoms with van der Waals surface area (Å²) in [6.07, 6.45) is 6.52.